The lowest BCUT2D eigenvalue weighted by Gasteiger charge is -2.08. The van der Waals surface area contributed by atoms with E-state index in [2.05, 4.69) is 0 Å². The van der Waals surface area contributed by atoms with Crippen LogP contribution in [0.1, 0.15) is 23.0 Å². The van der Waals surface area contributed by atoms with Gasteiger partial charge in [-0.15, -0.1) is 23.7 Å². The maximum Gasteiger partial charge on any atom is 0.307 e. The van der Waals surface area contributed by atoms with Gasteiger partial charge in [-0.3, -0.25) is 9.59 Å². The zero-order valence-corrected chi connectivity index (χ0v) is 11.5. The van der Waals surface area contributed by atoms with E-state index in [9.17, 15) is 9.59 Å². The molecule has 2 N–H and O–H groups in total. The highest BCUT2D eigenvalue weighted by Gasteiger charge is 2.21. The van der Waals surface area contributed by atoms with Crippen molar-refractivity contribution in [2.45, 2.75) is 19.4 Å². The number of carbonyl (C=O) groups excluding carboxylic acids is 2. The Kier molecular flexibility index (Phi) is 7.38. The third-order valence-electron chi connectivity index (χ3n) is 1.84. The Labute approximate surface area is 114 Å². The summed E-state index contributed by atoms with van der Waals surface area (Å²) in [6.45, 7) is 1.98. The van der Waals surface area contributed by atoms with Gasteiger partial charge in [-0.25, -0.2) is 0 Å². The Bertz CT molecular complexity index is 395. The molecule has 96 valence electrons. The second-order valence-corrected chi connectivity index (χ2v) is 4.80. The van der Waals surface area contributed by atoms with Crippen molar-refractivity contribution in [2.24, 2.45) is 5.73 Å². The number of ketones is 1. The molecule has 0 amide bonds. The summed E-state index contributed by atoms with van der Waals surface area (Å²) < 4.78 is 5.23. The molecule has 0 aliphatic rings. The molecule has 0 bridgehead atoms. The van der Waals surface area contributed by atoms with Crippen molar-refractivity contribution < 1.29 is 14.3 Å². The van der Waals surface area contributed by atoms with Crippen LogP contribution in [-0.2, 0) is 9.53 Å². The number of thiophene rings is 1. The number of hydrogen-bond donors (Lipinski definition) is 1. The summed E-state index contributed by atoms with van der Waals surface area (Å²) in [5.41, 5.74) is 5.60. The van der Waals surface area contributed by atoms with Crippen molar-refractivity contribution in [3.05, 3.63) is 21.3 Å². The molecule has 0 saturated carbocycles. The Balaban J connectivity index is 0.00000256. The number of carbonyl (C=O) groups is 2. The Morgan fingerprint density at radius 3 is 2.65 bits per heavy atom. The van der Waals surface area contributed by atoms with E-state index in [1.54, 1.807) is 19.1 Å². The van der Waals surface area contributed by atoms with Gasteiger partial charge in [-0.2, -0.15) is 0 Å². The molecule has 1 rings (SSSR count). The molecular formula is C10H13Cl2NO3S. The van der Waals surface area contributed by atoms with Crippen molar-refractivity contribution >= 4 is 47.1 Å². The second kappa shape index (κ2) is 7.66. The van der Waals surface area contributed by atoms with Gasteiger partial charge in [-0.05, 0) is 19.1 Å². The van der Waals surface area contributed by atoms with Crippen molar-refractivity contribution in [3.63, 3.8) is 0 Å². The highest BCUT2D eigenvalue weighted by molar-refractivity contribution is 7.18. The van der Waals surface area contributed by atoms with E-state index in [1.807, 2.05) is 0 Å². The molecule has 17 heavy (non-hydrogen) atoms. The van der Waals surface area contributed by atoms with Crippen LogP contribution in [-0.4, -0.2) is 24.4 Å². The first-order valence-corrected chi connectivity index (χ1v) is 5.94. The maximum atomic E-state index is 11.7. The minimum Gasteiger partial charge on any atom is -0.466 e. The molecule has 4 nitrogen and oxygen atoms in total. The number of halogens is 2. The number of ether oxygens (including phenoxy) is 1. The van der Waals surface area contributed by atoms with Crippen LogP contribution in [0.25, 0.3) is 0 Å². The molecule has 0 saturated heterocycles. The van der Waals surface area contributed by atoms with Crippen molar-refractivity contribution in [1.29, 1.82) is 0 Å². The van der Waals surface area contributed by atoms with E-state index < -0.39 is 12.0 Å². The molecular weight excluding hydrogens is 285 g/mol. The van der Waals surface area contributed by atoms with Crippen LogP contribution in [0.15, 0.2) is 12.1 Å². The predicted octanol–water partition coefficient (Wildman–Crippen LogP) is 2.29. The second-order valence-electron chi connectivity index (χ2n) is 3.08. The van der Waals surface area contributed by atoms with Gasteiger partial charge in [0.1, 0.15) is 0 Å². The van der Waals surface area contributed by atoms with Gasteiger partial charge in [0.15, 0.2) is 5.78 Å². The van der Waals surface area contributed by atoms with Crippen molar-refractivity contribution in [1.82, 2.24) is 0 Å². The minimum absolute atomic E-state index is 0. The molecule has 0 fully saturated rings. The van der Waals surface area contributed by atoms with Crippen LogP contribution in [0.2, 0.25) is 4.34 Å². The molecule has 0 aromatic carbocycles. The molecule has 1 heterocycles. The Hall–Kier alpha value is -0.620. The standard InChI is InChI=1S/C10H12ClNO3S.ClH/c1-2-15-9(13)5-6(12)10(14)7-3-4-8(11)16-7;/h3-4,6H,2,5,12H2,1H3;1H. The normalized spacial score (nSPS) is 11.5. The van der Waals surface area contributed by atoms with Crippen LogP contribution in [0.5, 0.6) is 0 Å². The lowest BCUT2D eigenvalue weighted by molar-refractivity contribution is -0.143. The maximum absolute atomic E-state index is 11.7. The number of hydrogen-bond acceptors (Lipinski definition) is 5. The lowest BCUT2D eigenvalue weighted by atomic mass is 10.1. The lowest BCUT2D eigenvalue weighted by Crippen LogP contribution is -2.33. The van der Waals surface area contributed by atoms with Gasteiger partial charge in [0.2, 0.25) is 0 Å². The zero-order valence-electron chi connectivity index (χ0n) is 9.14. The SMILES string of the molecule is CCOC(=O)CC(N)C(=O)c1ccc(Cl)s1.Cl. The van der Waals surface area contributed by atoms with E-state index in [1.165, 1.54) is 0 Å². The van der Waals surface area contributed by atoms with Gasteiger partial charge < -0.3 is 10.5 Å². The summed E-state index contributed by atoms with van der Waals surface area (Å²) in [7, 11) is 0. The monoisotopic (exact) mass is 297 g/mol. The predicted molar refractivity (Wildman–Crippen MR) is 70.1 cm³/mol. The molecule has 7 heteroatoms. The Morgan fingerprint density at radius 2 is 2.18 bits per heavy atom. The molecule has 1 aromatic heterocycles. The summed E-state index contributed by atoms with van der Waals surface area (Å²) in [4.78, 5) is 23.3. The van der Waals surface area contributed by atoms with Crippen LogP contribution < -0.4 is 5.73 Å². The largest absolute Gasteiger partial charge is 0.466 e. The molecule has 1 atom stereocenters. The molecule has 0 radical (unpaired) electrons. The van der Waals surface area contributed by atoms with Crippen molar-refractivity contribution in [3.8, 4) is 0 Å². The van der Waals surface area contributed by atoms with E-state index in [-0.39, 0.29) is 31.2 Å². The fourth-order valence-electron chi connectivity index (χ4n) is 1.12. The van der Waals surface area contributed by atoms with Gasteiger partial charge in [0, 0.05) is 0 Å². The molecule has 0 spiro atoms. The Morgan fingerprint density at radius 1 is 1.53 bits per heavy atom. The summed E-state index contributed by atoms with van der Waals surface area (Å²) in [6, 6.07) is 2.35. The van der Waals surface area contributed by atoms with Crippen LogP contribution in [0, 0.1) is 0 Å². The van der Waals surface area contributed by atoms with Crippen LogP contribution in [0.4, 0.5) is 0 Å². The summed E-state index contributed by atoms with van der Waals surface area (Å²) >= 11 is 6.85. The number of Topliss-reactive ketones (excluding diaryl/α,β-unsaturated/α-hetero) is 1. The summed E-state index contributed by atoms with van der Waals surface area (Å²) in [6.07, 6.45) is -0.109. The topological polar surface area (TPSA) is 69.4 Å². The highest BCUT2D eigenvalue weighted by atomic mass is 35.5. The summed E-state index contributed by atoms with van der Waals surface area (Å²) in [5.74, 6) is -0.754. The first-order valence-electron chi connectivity index (χ1n) is 4.75. The number of rotatable bonds is 5. The van der Waals surface area contributed by atoms with E-state index in [4.69, 9.17) is 22.1 Å². The fraction of sp³-hybridized carbons (Fsp3) is 0.400. The smallest absolute Gasteiger partial charge is 0.307 e. The first kappa shape index (κ1) is 16.4. The highest BCUT2D eigenvalue weighted by Crippen LogP contribution is 2.22. The van der Waals surface area contributed by atoms with Crippen LogP contribution in [0.3, 0.4) is 0 Å². The van der Waals surface area contributed by atoms with Gasteiger partial charge in [0.05, 0.1) is 28.3 Å². The molecule has 1 aromatic rings. The third kappa shape index (κ3) is 5.04. The van der Waals surface area contributed by atoms with E-state index in [0.29, 0.717) is 9.21 Å². The summed E-state index contributed by atoms with van der Waals surface area (Å²) in [5, 5.41) is 0. The van der Waals surface area contributed by atoms with Crippen molar-refractivity contribution in [2.75, 3.05) is 6.61 Å². The molecule has 1 unspecified atom stereocenters. The zero-order chi connectivity index (χ0) is 12.1. The number of esters is 1. The average molecular weight is 298 g/mol. The van der Waals surface area contributed by atoms with Gasteiger partial charge >= 0.3 is 5.97 Å². The number of nitrogens with two attached hydrogens (primary N) is 1. The molecule has 0 aliphatic heterocycles. The van der Waals surface area contributed by atoms with E-state index in [0.717, 1.165) is 11.3 Å². The fourth-order valence-corrected chi connectivity index (χ4v) is 2.17. The third-order valence-corrected chi connectivity index (χ3v) is 3.09. The molecule has 0 aliphatic carbocycles. The van der Waals surface area contributed by atoms with Crippen LogP contribution >= 0.6 is 35.3 Å². The first-order chi connectivity index (χ1) is 7.54. The van der Waals surface area contributed by atoms with Gasteiger partial charge in [-0.1, -0.05) is 11.6 Å². The average Bonchev–Trinajstić information content (AvgIpc) is 2.64. The minimum atomic E-state index is -0.867. The van der Waals surface area contributed by atoms with Gasteiger partial charge in [0.25, 0.3) is 0 Å². The quantitative estimate of drug-likeness (QED) is 0.669. The van der Waals surface area contributed by atoms with E-state index >= 15 is 0 Å².